The molecule has 156 valence electrons. The van der Waals surface area contributed by atoms with Gasteiger partial charge in [-0.1, -0.05) is 42.0 Å². The van der Waals surface area contributed by atoms with Gasteiger partial charge in [0.1, 0.15) is 5.82 Å². The molecule has 0 aliphatic rings. The van der Waals surface area contributed by atoms with Crippen molar-refractivity contribution in [1.82, 2.24) is 0 Å². The highest BCUT2D eigenvalue weighted by Gasteiger charge is 2.13. The molecular weight excluding hydrogens is 395 g/mol. The Balaban J connectivity index is 1.83. The van der Waals surface area contributed by atoms with Gasteiger partial charge < -0.3 is 14.8 Å². The van der Waals surface area contributed by atoms with E-state index in [0.29, 0.717) is 28.3 Å². The lowest BCUT2D eigenvalue weighted by Gasteiger charge is -2.14. The van der Waals surface area contributed by atoms with Crippen LogP contribution in [0.25, 0.3) is 11.6 Å². The molecule has 1 N–H and O–H groups in total. The Kier molecular flexibility index (Phi) is 7.02. The number of nitriles is 1. The van der Waals surface area contributed by atoms with Crippen LogP contribution < -0.4 is 14.8 Å². The van der Waals surface area contributed by atoms with Gasteiger partial charge in [-0.3, -0.25) is 4.79 Å². The molecule has 0 aliphatic carbocycles. The fourth-order valence-electron chi connectivity index (χ4n) is 2.90. The highest BCUT2D eigenvalue weighted by Crippen LogP contribution is 2.33. The number of hydrogen-bond donors (Lipinski definition) is 1. The van der Waals surface area contributed by atoms with Crippen molar-refractivity contribution >= 4 is 23.2 Å². The molecule has 3 aromatic rings. The maximum atomic E-state index is 13.0. The number of anilines is 1. The second-order valence-corrected chi connectivity index (χ2v) is 6.76. The number of hydrogen-bond acceptors (Lipinski definition) is 4. The first kappa shape index (κ1) is 21.6. The molecule has 0 saturated heterocycles. The quantitative estimate of drug-likeness (QED) is 0.423. The Bertz CT molecular complexity index is 1130. The number of carbonyl (C=O) groups excluding carboxylic acids is 1. The summed E-state index contributed by atoms with van der Waals surface area (Å²) in [6.45, 7) is 1.69. The van der Waals surface area contributed by atoms with E-state index in [1.807, 2.05) is 31.2 Å². The van der Waals surface area contributed by atoms with Crippen LogP contribution in [0.15, 0.2) is 66.7 Å². The van der Waals surface area contributed by atoms with Gasteiger partial charge in [0.15, 0.2) is 18.1 Å². The SMILES string of the molecule is COc1cccc(/C=C(/C#N)c2ccc(C)cc2)c1OCC(=O)Nc1ccc(F)cc1. The molecule has 0 spiro atoms. The van der Waals surface area contributed by atoms with Crippen LogP contribution in [0.3, 0.4) is 0 Å². The summed E-state index contributed by atoms with van der Waals surface area (Å²) in [7, 11) is 1.50. The van der Waals surface area contributed by atoms with Crippen LogP contribution in [0.5, 0.6) is 11.5 Å². The number of rotatable bonds is 7. The Labute approximate surface area is 180 Å². The number of para-hydroxylation sites is 1. The molecule has 0 saturated carbocycles. The van der Waals surface area contributed by atoms with Crippen molar-refractivity contribution in [3.63, 3.8) is 0 Å². The summed E-state index contributed by atoms with van der Waals surface area (Å²) in [6.07, 6.45) is 1.69. The Hall–Kier alpha value is -4.11. The van der Waals surface area contributed by atoms with E-state index in [1.165, 1.54) is 31.4 Å². The number of methoxy groups -OCH3 is 1. The zero-order chi connectivity index (χ0) is 22.2. The number of nitrogens with one attached hydrogen (secondary N) is 1. The monoisotopic (exact) mass is 416 g/mol. The van der Waals surface area contributed by atoms with E-state index in [2.05, 4.69) is 11.4 Å². The first-order valence-corrected chi connectivity index (χ1v) is 9.54. The second-order valence-electron chi connectivity index (χ2n) is 6.76. The number of allylic oxidation sites excluding steroid dienone is 1. The van der Waals surface area contributed by atoms with E-state index >= 15 is 0 Å². The Morgan fingerprint density at radius 2 is 1.81 bits per heavy atom. The summed E-state index contributed by atoms with van der Waals surface area (Å²) >= 11 is 0. The van der Waals surface area contributed by atoms with Crippen molar-refractivity contribution in [2.45, 2.75) is 6.92 Å². The third-order valence-corrected chi connectivity index (χ3v) is 4.49. The summed E-state index contributed by atoms with van der Waals surface area (Å²) in [4.78, 5) is 12.3. The molecule has 5 nitrogen and oxygen atoms in total. The molecule has 6 heteroatoms. The molecule has 3 aromatic carbocycles. The largest absolute Gasteiger partial charge is 0.493 e. The van der Waals surface area contributed by atoms with Crippen LogP contribution in [-0.2, 0) is 4.79 Å². The van der Waals surface area contributed by atoms with Gasteiger partial charge >= 0.3 is 0 Å². The average Bonchev–Trinajstić information content (AvgIpc) is 2.78. The first-order chi connectivity index (χ1) is 15.0. The molecule has 3 rings (SSSR count). The molecule has 0 bridgehead atoms. The summed E-state index contributed by atoms with van der Waals surface area (Å²) in [5, 5.41) is 12.3. The van der Waals surface area contributed by atoms with Gasteiger partial charge in [-0.05, 0) is 48.9 Å². The number of halogens is 1. The standard InChI is InChI=1S/C25H21FN2O3/c1-17-6-8-18(9-7-17)20(15-27)14-19-4-3-5-23(30-2)25(19)31-16-24(29)28-22-12-10-21(26)11-13-22/h3-14H,16H2,1-2H3,(H,28,29)/b20-14-. The van der Waals surface area contributed by atoms with Crippen LogP contribution in [0, 0.1) is 24.1 Å². The molecular formula is C25H21FN2O3. The molecule has 31 heavy (non-hydrogen) atoms. The summed E-state index contributed by atoms with van der Waals surface area (Å²) < 4.78 is 24.1. The second kappa shape index (κ2) is 10.1. The van der Waals surface area contributed by atoms with Crippen molar-refractivity contribution < 1.29 is 18.7 Å². The number of aryl methyl sites for hydroxylation is 1. The lowest BCUT2D eigenvalue weighted by molar-refractivity contribution is -0.118. The van der Waals surface area contributed by atoms with Gasteiger partial charge in [-0.15, -0.1) is 0 Å². The summed E-state index contributed by atoms with van der Waals surface area (Å²) in [5.74, 6) is -0.0169. The zero-order valence-electron chi connectivity index (χ0n) is 17.2. The minimum Gasteiger partial charge on any atom is -0.493 e. The number of carbonyl (C=O) groups is 1. The van der Waals surface area contributed by atoms with Gasteiger partial charge in [0.05, 0.1) is 18.8 Å². The van der Waals surface area contributed by atoms with E-state index in [-0.39, 0.29) is 12.4 Å². The van der Waals surface area contributed by atoms with Crippen LogP contribution in [0.1, 0.15) is 16.7 Å². The van der Waals surface area contributed by atoms with Crippen molar-refractivity contribution in [3.8, 4) is 17.6 Å². The topological polar surface area (TPSA) is 71.3 Å². The number of ether oxygens (including phenoxy) is 2. The molecule has 0 radical (unpaired) electrons. The number of amides is 1. The van der Waals surface area contributed by atoms with Gasteiger partial charge in [0.25, 0.3) is 5.91 Å². The summed E-state index contributed by atoms with van der Waals surface area (Å²) in [6, 6.07) is 20.5. The Morgan fingerprint density at radius 1 is 1.10 bits per heavy atom. The van der Waals surface area contributed by atoms with Gasteiger partial charge in [-0.25, -0.2) is 4.39 Å². The smallest absolute Gasteiger partial charge is 0.262 e. The molecule has 0 fully saturated rings. The fourth-order valence-corrected chi connectivity index (χ4v) is 2.90. The molecule has 0 atom stereocenters. The van der Waals surface area contributed by atoms with Crippen LogP contribution in [0.2, 0.25) is 0 Å². The molecule has 0 unspecified atom stereocenters. The fraction of sp³-hybridized carbons (Fsp3) is 0.120. The third kappa shape index (κ3) is 5.71. The molecule has 0 aromatic heterocycles. The maximum Gasteiger partial charge on any atom is 0.262 e. The lowest BCUT2D eigenvalue weighted by Crippen LogP contribution is -2.20. The van der Waals surface area contributed by atoms with Gasteiger partial charge in [0.2, 0.25) is 0 Å². The number of benzene rings is 3. The zero-order valence-corrected chi connectivity index (χ0v) is 17.2. The van der Waals surface area contributed by atoms with Crippen LogP contribution in [-0.4, -0.2) is 19.6 Å². The minimum absolute atomic E-state index is 0.287. The molecule has 0 heterocycles. The normalized spacial score (nSPS) is 10.8. The first-order valence-electron chi connectivity index (χ1n) is 9.54. The van der Waals surface area contributed by atoms with Crippen molar-refractivity contribution in [3.05, 3.63) is 89.2 Å². The Morgan fingerprint density at radius 3 is 2.45 bits per heavy atom. The predicted molar refractivity (Wildman–Crippen MR) is 118 cm³/mol. The molecule has 0 aliphatic heterocycles. The van der Waals surface area contributed by atoms with E-state index in [1.54, 1.807) is 24.3 Å². The van der Waals surface area contributed by atoms with Crippen LogP contribution >= 0.6 is 0 Å². The van der Waals surface area contributed by atoms with E-state index < -0.39 is 5.91 Å². The summed E-state index contributed by atoms with van der Waals surface area (Å²) in [5.41, 5.74) is 3.38. The highest BCUT2D eigenvalue weighted by molar-refractivity contribution is 5.93. The minimum atomic E-state index is -0.411. The maximum absolute atomic E-state index is 13.0. The van der Waals surface area contributed by atoms with Crippen molar-refractivity contribution in [2.75, 3.05) is 19.0 Å². The third-order valence-electron chi connectivity index (χ3n) is 4.49. The van der Waals surface area contributed by atoms with E-state index in [9.17, 15) is 14.4 Å². The van der Waals surface area contributed by atoms with Crippen LogP contribution in [0.4, 0.5) is 10.1 Å². The van der Waals surface area contributed by atoms with E-state index in [0.717, 1.165) is 11.1 Å². The van der Waals surface area contributed by atoms with Gasteiger partial charge in [-0.2, -0.15) is 5.26 Å². The highest BCUT2D eigenvalue weighted by atomic mass is 19.1. The van der Waals surface area contributed by atoms with Gasteiger partial charge in [0, 0.05) is 11.3 Å². The van der Waals surface area contributed by atoms with Crippen molar-refractivity contribution in [1.29, 1.82) is 5.26 Å². The van der Waals surface area contributed by atoms with Crippen molar-refractivity contribution in [2.24, 2.45) is 0 Å². The number of nitrogens with zero attached hydrogens (tertiary/aromatic N) is 1. The molecule has 1 amide bonds. The lowest BCUT2D eigenvalue weighted by atomic mass is 10.0. The van der Waals surface area contributed by atoms with E-state index in [4.69, 9.17) is 9.47 Å². The predicted octanol–water partition coefficient (Wildman–Crippen LogP) is 5.22. The average molecular weight is 416 g/mol.